The molecule has 2 fully saturated rings. The number of aromatic nitrogens is 3. The van der Waals surface area contributed by atoms with Crippen LogP contribution in [0.4, 0.5) is 11.6 Å². The summed E-state index contributed by atoms with van der Waals surface area (Å²) in [5.74, 6) is 0.521. The summed E-state index contributed by atoms with van der Waals surface area (Å²) in [6, 6.07) is 5.11. The number of carbonyl (C=O) groups excluding carboxylic acids is 1. The van der Waals surface area contributed by atoms with Crippen LogP contribution < -0.4 is 15.0 Å². The smallest absolute Gasteiger partial charge is 0.274 e. The lowest BCUT2D eigenvalue weighted by atomic mass is 10.3. The van der Waals surface area contributed by atoms with E-state index in [-0.39, 0.29) is 11.6 Å². The largest absolute Gasteiger partial charge is 0.476 e. The highest BCUT2D eigenvalue weighted by Crippen LogP contribution is 2.18. The number of carbonyl (C=O) groups is 1. The van der Waals surface area contributed by atoms with Gasteiger partial charge in [-0.2, -0.15) is 4.98 Å². The van der Waals surface area contributed by atoms with Crippen molar-refractivity contribution >= 4 is 17.5 Å². The highest BCUT2D eigenvalue weighted by atomic mass is 16.5. The average molecular weight is 414 g/mol. The van der Waals surface area contributed by atoms with E-state index in [9.17, 15) is 4.79 Å². The molecule has 0 saturated carbocycles. The Labute approximate surface area is 175 Å². The lowest BCUT2D eigenvalue weighted by Crippen LogP contribution is -2.39. The van der Waals surface area contributed by atoms with E-state index < -0.39 is 0 Å². The van der Waals surface area contributed by atoms with Crippen molar-refractivity contribution < 1.29 is 19.0 Å². The number of ether oxygens (including phenoxy) is 3. The van der Waals surface area contributed by atoms with Crippen molar-refractivity contribution in [1.29, 1.82) is 0 Å². The Hall–Kier alpha value is -2.82. The molecule has 4 heterocycles. The molecule has 0 bridgehead atoms. The first kappa shape index (κ1) is 20.5. The Morgan fingerprint density at radius 1 is 1.10 bits per heavy atom. The average Bonchev–Trinajstić information content (AvgIpc) is 2.81. The molecular weight excluding hydrogens is 388 g/mol. The van der Waals surface area contributed by atoms with Gasteiger partial charge in [-0.25, -0.2) is 4.98 Å². The van der Waals surface area contributed by atoms with Gasteiger partial charge < -0.3 is 24.4 Å². The topological polar surface area (TPSA) is 102 Å². The Morgan fingerprint density at radius 2 is 1.87 bits per heavy atom. The van der Waals surface area contributed by atoms with Gasteiger partial charge in [0.1, 0.15) is 12.3 Å². The summed E-state index contributed by atoms with van der Waals surface area (Å²) >= 11 is 0. The van der Waals surface area contributed by atoms with E-state index in [1.54, 1.807) is 30.6 Å². The lowest BCUT2D eigenvalue weighted by Gasteiger charge is -2.27. The molecule has 0 aromatic carbocycles. The molecule has 2 aliphatic heterocycles. The second-order valence-corrected chi connectivity index (χ2v) is 6.99. The van der Waals surface area contributed by atoms with Crippen molar-refractivity contribution in [2.24, 2.45) is 0 Å². The number of hydrogen-bond donors (Lipinski definition) is 1. The molecule has 10 heteroatoms. The second-order valence-electron chi connectivity index (χ2n) is 6.99. The van der Waals surface area contributed by atoms with Crippen LogP contribution in [0, 0.1) is 0 Å². The Morgan fingerprint density at radius 3 is 2.60 bits per heavy atom. The third-order valence-corrected chi connectivity index (χ3v) is 4.90. The monoisotopic (exact) mass is 414 g/mol. The zero-order valence-electron chi connectivity index (χ0n) is 16.8. The number of amides is 1. The number of nitrogens with zero attached hydrogens (tertiary/aromatic N) is 5. The fourth-order valence-electron chi connectivity index (χ4n) is 3.24. The molecule has 30 heavy (non-hydrogen) atoms. The lowest BCUT2D eigenvalue weighted by molar-refractivity contribution is 0.0320. The first-order chi connectivity index (χ1) is 14.8. The molecule has 1 N–H and O–H groups in total. The fourth-order valence-corrected chi connectivity index (χ4v) is 3.24. The number of anilines is 2. The van der Waals surface area contributed by atoms with Crippen LogP contribution in [-0.2, 0) is 9.47 Å². The third-order valence-electron chi connectivity index (χ3n) is 4.90. The SMILES string of the molecule is O=C(Nc1cccnc1)c1cc(OCCN2CCOCC2)nc(N2CCOCC2)n1. The van der Waals surface area contributed by atoms with Gasteiger partial charge in [0.25, 0.3) is 5.91 Å². The predicted octanol–water partition coefficient (Wildman–Crippen LogP) is 0.672. The van der Waals surface area contributed by atoms with Crippen LogP contribution in [0.15, 0.2) is 30.6 Å². The zero-order valence-corrected chi connectivity index (χ0v) is 16.8. The van der Waals surface area contributed by atoms with Gasteiger partial charge in [-0.05, 0) is 12.1 Å². The maximum absolute atomic E-state index is 12.8. The van der Waals surface area contributed by atoms with Gasteiger partial charge in [-0.15, -0.1) is 0 Å². The van der Waals surface area contributed by atoms with Gasteiger partial charge >= 0.3 is 0 Å². The standard InChI is InChI=1S/C20H26N6O4/c27-19(22-16-2-1-3-21-15-16)17-14-18(30-13-6-25-4-9-28-10-5-25)24-20(23-17)26-7-11-29-12-8-26/h1-3,14-15H,4-13H2,(H,22,27). The van der Waals surface area contributed by atoms with E-state index in [1.165, 1.54) is 0 Å². The van der Waals surface area contributed by atoms with E-state index in [4.69, 9.17) is 14.2 Å². The summed E-state index contributed by atoms with van der Waals surface area (Å²) < 4.78 is 16.7. The molecule has 2 aromatic heterocycles. The summed E-state index contributed by atoms with van der Waals surface area (Å²) in [6.07, 6.45) is 3.24. The van der Waals surface area contributed by atoms with Crippen molar-refractivity contribution in [3.05, 3.63) is 36.3 Å². The molecule has 0 aliphatic carbocycles. The number of morpholine rings is 2. The van der Waals surface area contributed by atoms with Crippen molar-refractivity contribution in [2.45, 2.75) is 0 Å². The highest BCUT2D eigenvalue weighted by Gasteiger charge is 2.19. The molecular formula is C20H26N6O4. The van der Waals surface area contributed by atoms with Gasteiger partial charge in [0.05, 0.1) is 38.3 Å². The zero-order chi connectivity index (χ0) is 20.6. The van der Waals surface area contributed by atoms with Crippen molar-refractivity contribution in [2.75, 3.05) is 76.0 Å². The van der Waals surface area contributed by atoms with Gasteiger partial charge in [-0.3, -0.25) is 14.7 Å². The first-order valence-electron chi connectivity index (χ1n) is 10.1. The quantitative estimate of drug-likeness (QED) is 0.700. The minimum atomic E-state index is -0.335. The van der Waals surface area contributed by atoms with E-state index in [0.717, 1.165) is 32.8 Å². The van der Waals surface area contributed by atoms with Crippen LogP contribution in [0.2, 0.25) is 0 Å². The molecule has 10 nitrogen and oxygen atoms in total. The van der Waals surface area contributed by atoms with Crippen molar-refractivity contribution in [1.82, 2.24) is 19.9 Å². The molecule has 4 rings (SSSR count). The number of pyridine rings is 1. The van der Waals surface area contributed by atoms with E-state index in [0.29, 0.717) is 50.4 Å². The normalized spacial score (nSPS) is 17.5. The maximum Gasteiger partial charge on any atom is 0.274 e. The van der Waals surface area contributed by atoms with Gasteiger partial charge in [0.2, 0.25) is 11.8 Å². The minimum Gasteiger partial charge on any atom is -0.476 e. The van der Waals surface area contributed by atoms with Gasteiger partial charge in [0, 0.05) is 45.0 Å². The van der Waals surface area contributed by atoms with Gasteiger partial charge in [0.15, 0.2) is 0 Å². The molecule has 0 unspecified atom stereocenters. The molecule has 2 aliphatic rings. The summed E-state index contributed by atoms with van der Waals surface area (Å²) in [5.41, 5.74) is 0.848. The summed E-state index contributed by atoms with van der Waals surface area (Å²) in [6.45, 7) is 7.06. The Kier molecular flexibility index (Phi) is 7.01. The summed E-state index contributed by atoms with van der Waals surface area (Å²) in [7, 11) is 0. The van der Waals surface area contributed by atoms with Crippen molar-refractivity contribution in [3.63, 3.8) is 0 Å². The summed E-state index contributed by atoms with van der Waals surface area (Å²) in [5, 5.41) is 2.81. The highest BCUT2D eigenvalue weighted by molar-refractivity contribution is 6.03. The molecule has 2 saturated heterocycles. The van der Waals surface area contributed by atoms with E-state index in [2.05, 4.69) is 25.2 Å². The van der Waals surface area contributed by atoms with Gasteiger partial charge in [-0.1, -0.05) is 0 Å². The second kappa shape index (κ2) is 10.3. The number of rotatable bonds is 7. The first-order valence-corrected chi connectivity index (χ1v) is 10.1. The Bertz CT molecular complexity index is 825. The van der Waals surface area contributed by atoms with Crippen LogP contribution in [0.5, 0.6) is 5.88 Å². The summed E-state index contributed by atoms with van der Waals surface area (Å²) in [4.78, 5) is 30.1. The minimum absolute atomic E-state index is 0.247. The molecule has 1 amide bonds. The van der Waals surface area contributed by atoms with Crippen LogP contribution >= 0.6 is 0 Å². The van der Waals surface area contributed by atoms with E-state index >= 15 is 0 Å². The molecule has 0 atom stereocenters. The van der Waals surface area contributed by atoms with Crippen LogP contribution in [-0.4, -0.2) is 91.5 Å². The fraction of sp³-hybridized carbons (Fsp3) is 0.500. The Balaban J connectivity index is 1.47. The third kappa shape index (κ3) is 5.62. The van der Waals surface area contributed by atoms with Crippen LogP contribution in [0.3, 0.4) is 0 Å². The van der Waals surface area contributed by atoms with Crippen LogP contribution in [0.1, 0.15) is 10.5 Å². The van der Waals surface area contributed by atoms with Crippen molar-refractivity contribution in [3.8, 4) is 5.88 Å². The van der Waals surface area contributed by atoms with Crippen LogP contribution in [0.25, 0.3) is 0 Å². The maximum atomic E-state index is 12.8. The molecule has 0 spiro atoms. The molecule has 160 valence electrons. The predicted molar refractivity (Wildman–Crippen MR) is 110 cm³/mol. The molecule has 0 radical (unpaired) electrons. The number of nitrogens with one attached hydrogen (secondary N) is 1. The van der Waals surface area contributed by atoms with E-state index in [1.807, 2.05) is 4.90 Å². The number of hydrogen-bond acceptors (Lipinski definition) is 9. The molecule has 2 aromatic rings.